The van der Waals surface area contributed by atoms with Crippen LogP contribution >= 0.6 is 0 Å². The monoisotopic (exact) mass is 288 g/mol. The van der Waals surface area contributed by atoms with E-state index in [9.17, 15) is 0 Å². The van der Waals surface area contributed by atoms with Gasteiger partial charge in [-0.3, -0.25) is 14.4 Å². The topological polar surface area (TPSA) is 164 Å². The molecule has 0 bridgehead atoms. The van der Waals surface area contributed by atoms with Crippen molar-refractivity contribution in [1.29, 1.82) is 0 Å². The van der Waals surface area contributed by atoms with Crippen LogP contribution in [0.15, 0.2) is 0 Å². The summed E-state index contributed by atoms with van der Waals surface area (Å²) in [4.78, 5) is 27.0. The molecule has 0 fully saturated rings. The Bertz CT molecular complexity index is 150. The van der Waals surface area contributed by atoms with Gasteiger partial charge in [0.05, 0.1) is 0 Å². The van der Waals surface area contributed by atoms with Crippen LogP contribution in [0.3, 0.4) is 0 Å². The zero-order valence-electron chi connectivity index (χ0n) is 9.64. The molecule has 0 atom stereocenters. The number of rotatable bonds is 1. The van der Waals surface area contributed by atoms with Crippen LogP contribution in [-0.2, 0) is 14.4 Å². The molecular formula is C8H22N2Na2O6. The number of carboxylic acid groups (broad SMARTS) is 3. The molecule has 0 aliphatic rings. The second-order valence-corrected chi connectivity index (χ2v) is 2.13. The zero-order valence-corrected chi connectivity index (χ0v) is 9.64. The van der Waals surface area contributed by atoms with Crippen molar-refractivity contribution in [3.63, 3.8) is 0 Å². The maximum absolute atomic E-state index is 9.00. The molecule has 10 heteroatoms. The van der Waals surface area contributed by atoms with Crippen molar-refractivity contribution in [2.45, 2.75) is 20.8 Å². The molecule has 0 spiro atoms. The van der Waals surface area contributed by atoms with Crippen molar-refractivity contribution in [2.24, 2.45) is 11.5 Å². The first-order chi connectivity index (χ1) is 7.11. The normalized spacial score (nSPS) is 5.83. The third-order valence-electron chi connectivity index (χ3n) is 0.167. The van der Waals surface area contributed by atoms with Crippen molar-refractivity contribution < 1.29 is 29.7 Å². The molecule has 0 aromatic rings. The molecule has 0 aromatic carbocycles. The Morgan fingerprint density at radius 3 is 0.778 bits per heavy atom. The van der Waals surface area contributed by atoms with Gasteiger partial charge in [-0.2, -0.15) is 0 Å². The van der Waals surface area contributed by atoms with Gasteiger partial charge in [0.25, 0.3) is 17.9 Å². The SMILES string of the molecule is CC(=O)O.CC(=O)O.CC(=O)O.NCCN.[NaH].[NaH]. The molecule has 0 amide bonds. The molecule has 0 saturated carbocycles. The summed E-state index contributed by atoms with van der Waals surface area (Å²) in [6.45, 7) is 4.44. The summed E-state index contributed by atoms with van der Waals surface area (Å²) in [6.07, 6.45) is 0. The molecular weight excluding hydrogens is 266 g/mol. The molecule has 7 N–H and O–H groups in total. The summed E-state index contributed by atoms with van der Waals surface area (Å²) >= 11 is 0. The van der Waals surface area contributed by atoms with Gasteiger partial charge in [0.2, 0.25) is 0 Å². The molecule has 0 unspecified atom stereocenters. The second kappa shape index (κ2) is 36.0. The number of carboxylic acids is 3. The van der Waals surface area contributed by atoms with Gasteiger partial charge in [-0.05, 0) is 0 Å². The molecule has 0 aliphatic heterocycles. The first kappa shape index (κ1) is 36.2. The predicted molar refractivity (Wildman–Crippen MR) is 72.3 cm³/mol. The first-order valence-corrected chi connectivity index (χ1v) is 4.10. The van der Waals surface area contributed by atoms with Gasteiger partial charge >= 0.3 is 59.1 Å². The van der Waals surface area contributed by atoms with Gasteiger partial charge in [-0.25, -0.2) is 0 Å². The minimum absolute atomic E-state index is 0. The fourth-order valence-electron chi connectivity index (χ4n) is 0. The van der Waals surface area contributed by atoms with E-state index in [2.05, 4.69) is 0 Å². The molecule has 0 saturated heterocycles. The van der Waals surface area contributed by atoms with Crippen LogP contribution in [0.5, 0.6) is 0 Å². The van der Waals surface area contributed by atoms with E-state index in [0.717, 1.165) is 20.8 Å². The molecule has 0 heterocycles. The fourth-order valence-corrected chi connectivity index (χ4v) is 0. The second-order valence-electron chi connectivity index (χ2n) is 2.13. The van der Waals surface area contributed by atoms with Gasteiger partial charge in [-0.15, -0.1) is 0 Å². The third kappa shape index (κ3) is 2170. The molecule has 0 rings (SSSR count). The van der Waals surface area contributed by atoms with E-state index < -0.39 is 17.9 Å². The van der Waals surface area contributed by atoms with E-state index in [-0.39, 0.29) is 59.1 Å². The van der Waals surface area contributed by atoms with E-state index >= 15 is 0 Å². The van der Waals surface area contributed by atoms with Crippen LogP contribution in [0.25, 0.3) is 0 Å². The summed E-state index contributed by atoms with van der Waals surface area (Å²) in [7, 11) is 0. The third-order valence-corrected chi connectivity index (χ3v) is 0.167. The minimum atomic E-state index is -0.833. The molecule has 0 aliphatic carbocycles. The average molecular weight is 288 g/mol. The Hall–Kier alpha value is 0.330. The molecule has 18 heavy (non-hydrogen) atoms. The Labute approximate surface area is 151 Å². The Kier molecular flexibility index (Phi) is 72.4. The number of hydrogen-bond donors (Lipinski definition) is 5. The Morgan fingerprint density at radius 2 is 0.778 bits per heavy atom. The van der Waals surface area contributed by atoms with E-state index in [0.29, 0.717) is 13.1 Å². The van der Waals surface area contributed by atoms with Gasteiger partial charge in [0, 0.05) is 33.9 Å². The number of carbonyl (C=O) groups is 3. The zero-order chi connectivity index (χ0) is 14.1. The first-order valence-electron chi connectivity index (χ1n) is 4.10. The van der Waals surface area contributed by atoms with Gasteiger partial charge in [-0.1, -0.05) is 0 Å². The van der Waals surface area contributed by atoms with E-state index in [1.807, 2.05) is 0 Å². The van der Waals surface area contributed by atoms with Crippen molar-refractivity contribution >= 4 is 77.0 Å². The van der Waals surface area contributed by atoms with E-state index in [4.69, 9.17) is 41.2 Å². The quantitative estimate of drug-likeness (QED) is 0.342. The van der Waals surface area contributed by atoms with E-state index in [1.165, 1.54) is 0 Å². The standard InChI is InChI=1S/C2H8N2.3C2H4O2.2Na.2H/c3-1-2-4;3*1-2(3)4;;;;/h1-4H2;3*1H3,(H,3,4);;;;. The van der Waals surface area contributed by atoms with Gasteiger partial charge < -0.3 is 26.8 Å². The van der Waals surface area contributed by atoms with Gasteiger partial charge in [0.15, 0.2) is 0 Å². The maximum atomic E-state index is 9.00. The van der Waals surface area contributed by atoms with Crippen LogP contribution in [-0.4, -0.2) is 105 Å². The fraction of sp³-hybridized carbons (Fsp3) is 0.625. The summed E-state index contributed by atoms with van der Waals surface area (Å²) in [5.41, 5.74) is 9.81. The number of aliphatic carboxylic acids is 3. The Balaban J connectivity index is -0.0000000257. The van der Waals surface area contributed by atoms with Gasteiger partial charge in [0.1, 0.15) is 0 Å². The van der Waals surface area contributed by atoms with Crippen LogP contribution in [0.2, 0.25) is 0 Å². The van der Waals surface area contributed by atoms with Crippen LogP contribution < -0.4 is 11.5 Å². The molecule has 0 aromatic heterocycles. The van der Waals surface area contributed by atoms with Crippen LogP contribution in [0.4, 0.5) is 0 Å². The van der Waals surface area contributed by atoms with Crippen molar-refractivity contribution in [3.05, 3.63) is 0 Å². The summed E-state index contributed by atoms with van der Waals surface area (Å²) < 4.78 is 0. The number of hydrogen-bond acceptors (Lipinski definition) is 5. The average Bonchev–Trinajstić information content (AvgIpc) is 2.00. The Morgan fingerprint density at radius 1 is 0.722 bits per heavy atom. The van der Waals surface area contributed by atoms with Crippen molar-refractivity contribution in [1.82, 2.24) is 0 Å². The molecule has 102 valence electrons. The molecule has 8 nitrogen and oxygen atoms in total. The number of nitrogens with two attached hydrogens (primary N) is 2. The summed E-state index contributed by atoms with van der Waals surface area (Å²) in [5, 5.41) is 22.2. The summed E-state index contributed by atoms with van der Waals surface area (Å²) in [5.74, 6) is -2.50. The van der Waals surface area contributed by atoms with Crippen LogP contribution in [0.1, 0.15) is 20.8 Å². The summed E-state index contributed by atoms with van der Waals surface area (Å²) in [6, 6.07) is 0. The van der Waals surface area contributed by atoms with Crippen LogP contribution in [0, 0.1) is 0 Å². The molecule has 0 radical (unpaired) electrons. The van der Waals surface area contributed by atoms with Crippen molar-refractivity contribution in [3.8, 4) is 0 Å². The van der Waals surface area contributed by atoms with E-state index in [1.54, 1.807) is 0 Å². The van der Waals surface area contributed by atoms with Crippen molar-refractivity contribution in [2.75, 3.05) is 13.1 Å². The predicted octanol–water partition coefficient (Wildman–Crippen LogP) is -2.12.